The van der Waals surface area contributed by atoms with Gasteiger partial charge in [-0.2, -0.15) is 0 Å². The fourth-order valence-electron chi connectivity index (χ4n) is 0.855. The van der Waals surface area contributed by atoms with E-state index >= 15 is 0 Å². The van der Waals surface area contributed by atoms with Gasteiger partial charge in [0.1, 0.15) is 0 Å². The molecule has 2 N–H and O–H groups in total. The van der Waals surface area contributed by atoms with Crippen molar-refractivity contribution in [3.05, 3.63) is 20.8 Å². The first-order valence-corrected chi connectivity index (χ1v) is 3.93. The Morgan fingerprint density at radius 3 is 2.54 bits per heavy atom. The molecule has 5 nitrogen and oxygen atoms in total. The topological polar surface area (TPSA) is 75.0 Å². The van der Waals surface area contributed by atoms with E-state index in [1.807, 2.05) is 0 Å². The number of aryl methyl sites for hydroxylation is 1. The molecule has 1 aromatic heterocycles. The molecule has 1 rings (SSSR count). The van der Waals surface area contributed by atoms with Crippen LogP contribution in [0.4, 0.5) is 0 Å². The Morgan fingerprint density at radius 1 is 1.46 bits per heavy atom. The van der Waals surface area contributed by atoms with Gasteiger partial charge in [0.15, 0.2) is 4.77 Å². The highest BCUT2D eigenvalue weighted by Gasteiger charge is 2.07. The third kappa shape index (κ3) is 2.25. The van der Waals surface area contributed by atoms with Gasteiger partial charge in [0.2, 0.25) is 5.75 Å². The van der Waals surface area contributed by atoms with Crippen LogP contribution in [0.2, 0.25) is 0 Å². The molecule has 0 saturated heterocycles. The van der Waals surface area contributed by atoms with Gasteiger partial charge in [-0.05, 0) is 19.1 Å². The number of ether oxygens (including phenoxy) is 1. The van der Waals surface area contributed by atoms with Crippen molar-refractivity contribution in [2.45, 2.75) is 13.8 Å². The summed E-state index contributed by atoms with van der Waals surface area (Å²) in [5.74, 6) is -0.583. The largest absolute Gasteiger partial charge is 0.419 e. The highest BCUT2D eigenvalue weighted by atomic mass is 32.1. The Balaban J connectivity index is 3.29. The fraction of sp³-hybridized carbons (Fsp3) is 0.286. The van der Waals surface area contributed by atoms with Crippen LogP contribution < -0.4 is 10.3 Å². The number of nitrogens with one attached hydrogen (secondary N) is 2. The number of aromatic nitrogens is 2. The minimum absolute atomic E-state index is 0.0406. The van der Waals surface area contributed by atoms with Gasteiger partial charge >= 0.3 is 5.97 Å². The van der Waals surface area contributed by atoms with Gasteiger partial charge in [-0.25, -0.2) is 0 Å². The molecule has 0 bridgehead atoms. The Labute approximate surface area is 78.8 Å². The molecular formula is C7H8N2O3S. The maximum absolute atomic E-state index is 11.2. The summed E-state index contributed by atoms with van der Waals surface area (Å²) in [7, 11) is 0. The summed E-state index contributed by atoms with van der Waals surface area (Å²) in [4.78, 5) is 26.7. The molecule has 0 unspecified atom stereocenters. The highest BCUT2D eigenvalue weighted by molar-refractivity contribution is 7.71. The lowest BCUT2D eigenvalue weighted by atomic mass is 10.4. The van der Waals surface area contributed by atoms with Crippen molar-refractivity contribution >= 4 is 18.2 Å². The molecule has 0 saturated carbocycles. The molecule has 0 aromatic carbocycles. The summed E-state index contributed by atoms with van der Waals surface area (Å²) in [5, 5.41) is 0. The normalized spacial score (nSPS) is 9.69. The predicted octanol–water partition coefficient (Wildman–Crippen LogP) is 0.666. The van der Waals surface area contributed by atoms with E-state index in [9.17, 15) is 9.59 Å². The number of carbonyl (C=O) groups is 1. The molecule has 0 radical (unpaired) electrons. The smallest absolute Gasteiger partial charge is 0.308 e. The van der Waals surface area contributed by atoms with Crippen LogP contribution in [0.3, 0.4) is 0 Å². The summed E-state index contributed by atoms with van der Waals surface area (Å²) in [6, 6.07) is 0. The van der Waals surface area contributed by atoms with Gasteiger partial charge in [0.25, 0.3) is 5.56 Å². The van der Waals surface area contributed by atoms with Crippen LogP contribution in [0, 0.1) is 11.7 Å². The molecule has 13 heavy (non-hydrogen) atoms. The van der Waals surface area contributed by atoms with Gasteiger partial charge in [0.05, 0.1) is 5.69 Å². The maximum atomic E-state index is 11.2. The second-order valence-electron chi connectivity index (χ2n) is 2.46. The van der Waals surface area contributed by atoms with Crippen molar-refractivity contribution in [2.75, 3.05) is 0 Å². The fourth-order valence-corrected chi connectivity index (χ4v) is 1.10. The number of hydrogen-bond acceptors (Lipinski definition) is 4. The van der Waals surface area contributed by atoms with E-state index in [4.69, 9.17) is 12.2 Å². The van der Waals surface area contributed by atoms with Crippen molar-refractivity contribution in [1.29, 1.82) is 0 Å². The van der Waals surface area contributed by atoms with Crippen LogP contribution in [0.25, 0.3) is 0 Å². The van der Waals surface area contributed by atoms with Crippen LogP contribution in [0.1, 0.15) is 12.6 Å². The Morgan fingerprint density at radius 2 is 2.08 bits per heavy atom. The van der Waals surface area contributed by atoms with Crippen molar-refractivity contribution < 1.29 is 9.53 Å². The van der Waals surface area contributed by atoms with Gasteiger partial charge in [-0.15, -0.1) is 0 Å². The zero-order chi connectivity index (χ0) is 10.0. The molecule has 0 aliphatic heterocycles. The molecule has 0 aliphatic carbocycles. The monoisotopic (exact) mass is 200 g/mol. The van der Waals surface area contributed by atoms with E-state index in [0.29, 0.717) is 5.69 Å². The second kappa shape index (κ2) is 3.53. The van der Waals surface area contributed by atoms with Gasteiger partial charge < -0.3 is 9.72 Å². The summed E-state index contributed by atoms with van der Waals surface area (Å²) in [6.45, 7) is 2.82. The van der Waals surface area contributed by atoms with Crippen LogP contribution in [-0.2, 0) is 4.79 Å². The first-order chi connectivity index (χ1) is 6.00. The number of H-pyrrole nitrogens is 2. The van der Waals surface area contributed by atoms with Crippen LogP contribution >= 0.6 is 12.2 Å². The molecule has 0 aliphatic rings. The minimum atomic E-state index is -0.542. The summed E-state index contributed by atoms with van der Waals surface area (Å²) >= 11 is 4.71. The predicted molar refractivity (Wildman–Crippen MR) is 48.3 cm³/mol. The molecule has 1 heterocycles. The summed E-state index contributed by atoms with van der Waals surface area (Å²) in [5.41, 5.74) is -0.0691. The lowest BCUT2D eigenvalue weighted by Gasteiger charge is -2.02. The van der Waals surface area contributed by atoms with Crippen LogP contribution in [-0.4, -0.2) is 15.9 Å². The van der Waals surface area contributed by atoms with Crippen molar-refractivity contribution in [3.8, 4) is 5.75 Å². The van der Waals surface area contributed by atoms with Gasteiger partial charge in [-0.3, -0.25) is 14.6 Å². The molecule has 70 valence electrons. The number of aromatic amines is 2. The maximum Gasteiger partial charge on any atom is 0.308 e. The van der Waals surface area contributed by atoms with E-state index < -0.39 is 11.5 Å². The standard InChI is InChI=1S/C7H8N2O3S/c1-3-5(12-4(2)10)6(11)9-7(13)8-3/h1-2H3,(H2,8,9,11,13). The van der Waals surface area contributed by atoms with Gasteiger partial charge in [-0.1, -0.05) is 0 Å². The summed E-state index contributed by atoms with van der Waals surface area (Å²) < 4.78 is 4.88. The van der Waals surface area contributed by atoms with Crippen LogP contribution in [0.5, 0.6) is 5.75 Å². The quantitative estimate of drug-likeness (QED) is 0.516. The zero-order valence-corrected chi connectivity index (χ0v) is 7.95. The second-order valence-corrected chi connectivity index (χ2v) is 2.86. The number of esters is 1. The van der Waals surface area contributed by atoms with E-state index in [0.717, 1.165) is 0 Å². The number of carbonyl (C=O) groups excluding carboxylic acids is 1. The van der Waals surface area contributed by atoms with Crippen molar-refractivity contribution in [1.82, 2.24) is 9.97 Å². The molecule has 0 fully saturated rings. The summed E-state index contributed by atoms with van der Waals surface area (Å²) in [6.07, 6.45) is 0. The highest BCUT2D eigenvalue weighted by Crippen LogP contribution is 2.06. The Kier molecular flexibility index (Phi) is 2.62. The average Bonchev–Trinajstić information content (AvgIpc) is 1.96. The molecular weight excluding hydrogens is 192 g/mol. The first kappa shape index (κ1) is 9.66. The van der Waals surface area contributed by atoms with E-state index in [1.165, 1.54) is 6.92 Å². The molecule has 0 amide bonds. The Bertz CT molecular complexity index is 446. The average molecular weight is 200 g/mol. The van der Waals surface area contributed by atoms with Crippen molar-refractivity contribution in [3.63, 3.8) is 0 Å². The lowest BCUT2D eigenvalue weighted by Crippen LogP contribution is -2.16. The van der Waals surface area contributed by atoms with Crippen molar-refractivity contribution in [2.24, 2.45) is 0 Å². The molecule has 6 heteroatoms. The van der Waals surface area contributed by atoms with E-state index in [-0.39, 0.29) is 10.5 Å². The van der Waals surface area contributed by atoms with E-state index in [2.05, 4.69) is 14.7 Å². The Hall–Kier alpha value is -1.43. The van der Waals surface area contributed by atoms with Gasteiger partial charge in [0, 0.05) is 6.92 Å². The van der Waals surface area contributed by atoms with E-state index in [1.54, 1.807) is 6.92 Å². The number of hydrogen-bond donors (Lipinski definition) is 2. The molecule has 0 spiro atoms. The minimum Gasteiger partial charge on any atom is -0.419 e. The zero-order valence-electron chi connectivity index (χ0n) is 7.13. The molecule has 1 aromatic rings. The lowest BCUT2D eigenvalue weighted by molar-refractivity contribution is -0.132. The first-order valence-electron chi connectivity index (χ1n) is 3.52. The third-order valence-corrected chi connectivity index (χ3v) is 1.52. The number of rotatable bonds is 1. The molecule has 0 atom stereocenters. The SMILES string of the molecule is CC(=O)Oc1c(C)[nH]c(=S)[nH]c1=O. The third-order valence-electron chi connectivity index (χ3n) is 1.32. The van der Waals surface area contributed by atoms with Crippen LogP contribution in [0.15, 0.2) is 4.79 Å².